The molecule has 17 heavy (non-hydrogen) atoms. The van der Waals surface area contributed by atoms with E-state index in [-0.39, 0.29) is 6.10 Å². The summed E-state index contributed by atoms with van der Waals surface area (Å²) in [5.41, 5.74) is 2.51. The molecule has 0 saturated carbocycles. The van der Waals surface area contributed by atoms with E-state index in [1.54, 1.807) is 0 Å². The van der Waals surface area contributed by atoms with Gasteiger partial charge in [-0.15, -0.1) is 0 Å². The standard InChI is InChI=1S/C13H17NO2S/c1-9-3-4-11(7-10(9)2)15-8-12-5-6-14-13(17)16-12/h3-4,7,12H,5-6,8H2,1-2H3,(H,14,17). The van der Waals surface area contributed by atoms with E-state index >= 15 is 0 Å². The van der Waals surface area contributed by atoms with Gasteiger partial charge in [0.25, 0.3) is 5.17 Å². The van der Waals surface area contributed by atoms with E-state index in [0.717, 1.165) is 18.7 Å². The number of benzene rings is 1. The molecule has 1 aromatic rings. The van der Waals surface area contributed by atoms with Crippen molar-refractivity contribution < 1.29 is 9.47 Å². The molecule has 92 valence electrons. The number of hydrogen-bond donors (Lipinski definition) is 1. The lowest BCUT2D eigenvalue weighted by Gasteiger charge is -2.25. The van der Waals surface area contributed by atoms with Gasteiger partial charge in [0, 0.05) is 13.0 Å². The molecule has 1 aliphatic heterocycles. The molecule has 0 bridgehead atoms. The van der Waals surface area contributed by atoms with Crippen molar-refractivity contribution in [3.05, 3.63) is 29.3 Å². The van der Waals surface area contributed by atoms with Crippen LogP contribution >= 0.6 is 12.2 Å². The van der Waals surface area contributed by atoms with Crippen LogP contribution in [0.5, 0.6) is 5.75 Å². The second-order valence-electron chi connectivity index (χ2n) is 4.30. The summed E-state index contributed by atoms with van der Waals surface area (Å²) in [6.45, 7) is 5.58. The van der Waals surface area contributed by atoms with E-state index in [1.165, 1.54) is 11.1 Å². The fourth-order valence-corrected chi connectivity index (χ4v) is 1.94. The first-order chi connectivity index (χ1) is 8.15. The third-order valence-electron chi connectivity index (χ3n) is 2.92. The van der Waals surface area contributed by atoms with E-state index in [4.69, 9.17) is 21.7 Å². The van der Waals surface area contributed by atoms with Gasteiger partial charge in [0.2, 0.25) is 0 Å². The van der Waals surface area contributed by atoms with Crippen LogP contribution in [0.4, 0.5) is 0 Å². The Kier molecular flexibility index (Phi) is 3.84. The number of nitrogens with one attached hydrogen (secondary N) is 1. The van der Waals surface area contributed by atoms with E-state index in [2.05, 4.69) is 31.3 Å². The zero-order valence-electron chi connectivity index (χ0n) is 10.2. The Morgan fingerprint density at radius 2 is 2.24 bits per heavy atom. The largest absolute Gasteiger partial charge is 0.490 e. The van der Waals surface area contributed by atoms with Crippen LogP contribution in [-0.2, 0) is 4.74 Å². The fourth-order valence-electron chi connectivity index (χ4n) is 1.70. The van der Waals surface area contributed by atoms with Gasteiger partial charge in [-0.25, -0.2) is 0 Å². The monoisotopic (exact) mass is 251 g/mol. The molecule has 3 nitrogen and oxygen atoms in total. The van der Waals surface area contributed by atoms with Crippen LogP contribution in [0.15, 0.2) is 18.2 Å². The average molecular weight is 251 g/mol. The van der Waals surface area contributed by atoms with Crippen molar-refractivity contribution in [1.82, 2.24) is 5.32 Å². The first kappa shape index (κ1) is 12.2. The highest BCUT2D eigenvalue weighted by Crippen LogP contribution is 2.17. The summed E-state index contributed by atoms with van der Waals surface area (Å²) >= 11 is 4.96. The summed E-state index contributed by atoms with van der Waals surface area (Å²) < 4.78 is 11.2. The van der Waals surface area contributed by atoms with Gasteiger partial charge in [-0.2, -0.15) is 0 Å². The minimum atomic E-state index is 0.0605. The maximum Gasteiger partial charge on any atom is 0.257 e. The second kappa shape index (κ2) is 5.36. The molecule has 1 saturated heterocycles. The van der Waals surface area contributed by atoms with Crippen molar-refractivity contribution in [2.45, 2.75) is 26.4 Å². The predicted molar refractivity (Wildman–Crippen MR) is 71.5 cm³/mol. The Hall–Kier alpha value is -1.29. The minimum Gasteiger partial charge on any atom is -0.490 e. The van der Waals surface area contributed by atoms with Crippen molar-refractivity contribution in [2.75, 3.05) is 13.2 Å². The van der Waals surface area contributed by atoms with Gasteiger partial charge >= 0.3 is 0 Å². The number of aryl methyl sites for hydroxylation is 2. The van der Waals surface area contributed by atoms with Crippen LogP contribution in [0.2, 0.25) is 0 Å². The first-order valence-corrected chi connectivity index (χ1v) is 6.20. The molecule has 1 fully saturated rings. The first-order valence-electron chi connectivity index (χ1n) is 5.79. The lowest BCUT2D eigenvalue weighted by atomic mass is 10.1. The number of rotatable bonds is 3. The second-order valence-corrected chi connectivity index (χ2v) is 4.67. The zero-order chi connectivity index (χ0) is 12.3. The summed E-state index contributed by atoms with van der Waals surface area (Å²) in [6.07, 6.45) is 0.982. The molecule has 1 aromatic carbocycles. The van der Waals surface area contributed by atoms with Crippen molar-refractivity contribution in [3.8, 4) is 5.75 Å². The molecule has 1 N–H and O–H groups in total. The maximum absolute atomic E-state index is 5.72. The van der Waals surface area contributed by atoms with E-state index in [9.17, 15) is 0 Å². The molecule has 0 aromatic heterocycles. The average Bonchev–Trinajstić information content (AvgIpc) is 2.31. The Bertz CT molecular complexity index is 420. The Balaban J connectivity index is 1.88. The van der Waals surface area contributed by atoms with Crippen LogP contribution in [0, 0.1) is 13.8 Å². The molecule has 0 amide bonds. The Morgan fingerprint density at radius 1 is 1.41 bits per heavy atom. The van der Waals surface area contributed by atoms with Gasteiger partial charge in [-0.3, -0.25) is 0 Å². The molecule has 1 heterocycles. The predicted octanol–water partition coefficient (Wildman–Crippen LogP) is 2.35. The molecular formula is C13H17NO2S. The highest BCUT2D eigenvalue weighted by atomic mass is 32.1. The molecule has 0 spiro atoms. The molecule has 1 aliphatic rings. The van der Waals surface area contributed by atoms with Crippen LogP contribution < -0.4 is 10.1 Å². The van der Waals surface area contributed by atoms with E-state index < -0.39 is 0 Å². The van der Waals surface area contributed by atoms with Crippen LogP contribution in [0.25, 0.3) is 0 Å². The van der Waals surface area contributed by atoms with Crippen LogP contribution in [0.1, 0.15) is 17.5 Å². The lowest BCUT2D eigenvalue weighted by molar-refractivity contribution is 0.0956. The van der Waals surface area contributed by atoms with Gasteiger partial charge in [0.05, 0.1) is 0 Å². The third kappa shape index (κ3) is 3.33. The highest BCUT2D eigenvalue weighted by molar-refractivity contribution is 7.80. The molecule has 2 rings (SSSR count). The smallest absolute Gasteiger partial charge is 0.257 e. The lowest BCUT2D eigenvalue weighted by Crippen LogP contribution is -2.40. The van der Waals surface area contributed by atoms with Gasteiger partial charge in [0.1, 0.15) is 18.5 Å². The Morgan fingerprint density at radius 3 is 2.94 bits per heavy atom. The fraction of sp³-hybridized carbons (Fsp3) is 0.462. The van der Waals surface area contributed by atoms with Crippen molar-refractivity contribution in [3.63, 3.8) is 0 Å². The number of thiocarbonyl (C=S) groups is 1. The third-order valence-corrected chi connectivity index (χ3v) is 3.16. The van der Waals surface area contributed by atoms with E-state index in [0.29, 0.717) is 11.8 Å². The van der Waals surface area contributed by atoms with Gasteiger partial charge in [-0.05, 0) is 49.3 Å². The maximum atomic E-state index is 5.72. The molecule has 1 unspecified atom stereocenters. The van der Waals surface area contributed by atoms with Crippen LogP contribution in [-0.4, -0.2) is 24.4 Å². The Labute approximate surface area is 107 Å². The minimum absolute atomic E-state index is 0.0605. The molecular weight excluding hydrogens is 234 g/mol. The highest BCUT2D eigenvalue weighted by Gasteiger charge is 2.17. The summed E-state index contributed by atoms with van der Waals surface area (Å²) in [6, 6.07) is 6.11. The molecule has 0 aliphatic carbocycles. The quantitative estimate of drug-likeness (QED) is 0.835. The number of hydrogen-bond acceptors (Lipinski definition) is 3. The zero-order valence-corrected chi connectivity index (χ0v) is 11.0. The van der Waals surface area contributed by atoms with Crippen molar-refractivity contribution in [1.29, 1.82) is 0 Å². The molecule has 4 heteroatoms. The van der Waals surface area contributed by atoms with Crippen LogP contribution in [0.3, 0.4) is 0 Å². The van der Waals surface area contributed by atoms with E-state index in [1.807, 2.05) is 6.07 Å². The molecule has 1 atom stereocenters. The SMILES string of the molecule is Cc1ccc(OCC2CCNC(=S)O2)cc1C. The summed E-state index contributed by atoms with van der Waals surface area (Å²) in [5.74, 6) is 0.890. The summed E-state index contributed by atoms with van der Waals surface area (Å²) in [5, 5.41) is 3.46. The van der Waals surface area contributed by atoms with Crippen molar-refractivity contribution in [2.24, 2.45) is 0 Å². The van der Waals surface area contributed by atoms with Gasteiger partial charge in [0.15, 0.2) is 0 Å². The molecule has 0 radical (unpaired) electrons. The van der Waals surface area contributed by atoms with Crippen molar-refractivity contribution >= 4 is 17.4 Å². The normalized spacial score (nSPS) is 19.4. The summed E-state index contributed by atoms with van der Waals surface area (Å²) in [4.78, 5) is 0. The summed E-state index contributed by atoms with van der Waals surface area (Å²) in [7, 11) is 0. The van der Waals surface area contributed by atoms with Gasteiger partial charge < -0.3 is 14.8 Å². The van der Waals surface area contributed by atoms with Gasteiger partial charge in [-0.1, -0.05) is 6.07 Å². The number of ether oxygens (including phenoxy) is 2. The topological polar surface area (TPSA) is 30.5 Å².